The second-order valence-electron chi connectivity index (χ2n) is 2.59. The summed E-state index contributed by atoms with van der Waals surface area (Å²) in [6, 6.07) is 1.30. The Kier molecular flexibility index (Phi) is 3.17. The number of aromatic nitrogens is 1. The predicted molar refractivity (Wildman–Crippen MR) is 49.2 cm³/mol. The van der Waals surface area contributed by atoms with Crippen LogP contribution >= 0.6 is 0 Å². The summed E-state index contributed by atoms with van der Waals surface area (Å²) in [4.78, 5) is 25.8. The van der Waals surface area contributed by atoms with Gasteiger partial charge in [0.05, 0.1) is 11.1 Å². The molecule has 0 unspecified atom stereocenters. The number of carboxylic acids is 1. The maximum Gasteiger partial charge on any atom is 0.336 e. The number of carbonyl (C=O) groups is 2. The molecular formula is C9H10N2O3. The van der Waals surface area contributed by atoms with Crippen LogP contribution in [-0.4, -0.2) is 28.5 Å². The first kappa shape index (κ1) is 10.2. The Bertz CT molecular complexity index is 363. The molecule has 74 valence electrons. The van der Waals surface area contributed by atoms with Gasteiger partial charge in [0, 0.05) is 18.9 Å². The van der Waals surface area contributed by atoms with Gasteiger partial charge in [0.25, 0.3) is 5.91 Å². The molecule has 0 radical (unpaired) electrons. The molecule has 0 saturated heterocycles. The highest BCUT2D eigenvalue weighted by molar-refractivity contribution is 6.04. The predicted octanol–water partition coefficient (Wildman–Crippen LogP) is 0.530. The summed E-state index contributed by atoms with van der Waals surface area (Å²) in [6.45, 7) is 2.21. The van der Waals surface area contributed by atoms with Gasteiger partial charge < -0.3 is 10.4 Å². The third kappa shape index (κ3) is 2.07. The fourth-order valence-corrected chi connectivity index (χ4v) is 1.02. The number of carbonyl (C=O) groups excluding carboxylic acids is 1. The average Bonchev–Trinajstić information content (AvgIpc) is 2.18. The highest BCUT2D eigenvalue weighted by Gasteiger charge is 2.15. The van der Waals surface area contributed by atoms with Gasteiger partial charge in [-0.15, -0.1) is 0 Å². The lowest BCUT2D eigenvalue weighted by Crippen LogP contribution is -2.25. The number of aromatic carboxylic acids is 1. The van der Waals surface area contributed by atoms with Crippen molar-refractivity contribution in [1.82, 2.24) is 10.3 Å². The van der Waals surface area contributed by atoms with Gasteiger partial charge in [-0.2, -0.15) is 0 Å². The fourth-order valence-electron chi connectivity index (χ4n) is 1.02. The number of hydrogen-bond donors (Lipinski definition) is 2. The molecule has 0 atom stereocenters. The molecule has 5 nitrogen and oxygen atoms in total. The fraction of sp³-hybridized carbons (Fsp3) is 0.222. The first-order chi connectivity index (χ1) is 6.66. The molecule has 0 fully saturated rings. The van der Waals surface area contributed by atoms with Gasteiger partial charge in [0.1, 0.15) is 0 Å². The summed E-state index contributed by atoms with van der Waals surface area (Å²) >= 11 is 0. The number of nitrogens with zero attached hydrogens (tertiary/aromatic N) is 1. The first-order valence-corrected chi connectivity index (χ1v) is 4.12. The molecule has 5 heteroatoms. The quantitative estimate of drug-likeness (QED) is 0.735. The van der Waals surface area contributed by atoms with Crippen LogP contribution in [0.25, 0.3) is 0 Å². The summed E-state index contributed by atoms with van der Waals surface area (Å²) in [5.41, 5.74) is 0.0489. The van der Waals surface area contributed by atoms with Gasteiger partial charge >= 0.3 is 5.97 Å². The highest BCUT2D eigenvalue weighted by Crippen LogP contribution is 2.06. The van der Waals surface area contributed by atoms with E-state index in [-0.39, 0.29) is 11.1 Å². The normalized spacial score (nSPS) is 9.50. The number of pyridine rings is 1. The Hall–Kier alpha value is -1.91. The van der Waals surface area contributed by atoms with Gasteiger partial charge in [-0.1, -0.05) is 0 Å². The van der Waals surface area contributed by atoms with Crippen LogP contribution in [0.15, 0.2) is 18.5 Å². The van der Waals surface area contributed by atoms with Crippen molar-refractivity contribution in [3.05, 3.63) is 29.6 Å². The van der Waals surface area contributed by atoms with E-state index in [1.165, 1.54) is 18.5 Å². The van der Waals surface area contributed by atoms with Gasteiger partial charge in [-0.3, -0.25) is 9.78 Å². The Morgan fingerprint density at radius 2 is 2.21 bits per heavy atom. The Morgan fingerprint density at radius 1 is 1.50 bits per heavy atom. The second-order valence-corrected chi connectivity index (χ2v) is 2.59. The van der Waals surface area contributed by atoms with E-state index in [0.717, 1.165) is 0 Å². The lowest BCUT2D eigenvalue weighted by Gasteiger charge is -2.04. The molecule has 1 aromatic heterocycles. The highest BCUT2D eigenvalue weighted by atomic mass is 16.4. The Balaban J connectivity index is 3.07. The van der Waals surface area contributed by atoms with E-state index in [4.69, 9.17) is 5.11 Å². The minimum atomic E-state index is -1.13. The second kappa shape index (κ2) is 4.36. The molecule has 14 heavy (non-hydrogen) atoms. The molecule has 0 aliphatic rings. The molecule has 0 bridgehead atoms. The van der Waals surface area contributed by atoms with Crippen molar-refractivity contribution in [2.45, 2.75) is 6.92 Å². The van der Waals surface area contributed by atoms with Gasteiger partial charge in [-0.25, -0.2) is 4.79 Å². The summed E-state index contributed by atoms with van der Waals surface area (Å²) in [7, 11) is 0. The van der Waals surface area contributed by atoms with Crippen LogP contribution in [0.5, 0.6) is 0 Å². The van der Waals surface area contributed by atoms with Gasteiger partial charge in [0.15, 0.2) is 0 Å². The van der Waals surface area contributed by atoms with E-state index in [1.807, 2.05) is 0 Å². The maximum atomic E-state index is 11.4. The van der Waals surface area contributed by atoms with E-state index in [1.54, 1.807) is 6.92 Å². The van der Waals surface area contributed by atoms with Crippen molar-refractivity contribution < 1.29 is 14.7 Å². The minimum absolute atomic E-state index is 0.0362. The van der Waals surface area contributed by atoms with Crippen LogP contribution in [0.2, 0.25) is 0 Å². The summed E-state index contributed by atoms with van der Waals surface area (Å²) in [6.07, 6.45) is 2.58. The van der Waals surface area contributed by atoms with Crippen molar-refractivity contribution in [1.29, 1.82) is 0 Å². The third-order valence-corrected chi connectivity index (χ3v) is 1.63. The third-order valence-electron chi connectivity index (χ3n) is 1.63. The standard InChI is InChI=1S/C9H10N2O3/c1-2-11-8(12)7-5-10-4-3-6(7)9(13)14/h3-5H,2H2,1H3,(H,11,12)(H,13,14). The molecule has 0 aliphatic carbocycles. The lowest BCUT2D eigenvalue weighted by molar-refractivity contribution is 0.0691. The molecule has 0 aliphatic heterocycles. The summed E-state index contributed by atoms with van der Waals surface area (Å²) < 4.78 is 0. The minimum Gasteiger partial charge on any atom is -0.478 e. The molecule has 0 aromatic carbocycles. The Morgan fingerprint density at radius 3 is 2.79 bits per heavy atom. The van der Waals surface area contributed by atoms with Crippen LogP contribution in [0.4, 0.5) is 0 Å². The molecular weight excluding hydrogens is 184 g/mol. The smallest absolute Gasteiger partial charge is 0.336 e. The molecule has 1 amide bonds. The molecule has 1 heterocycles. The monoisotopic (exact) mass is 194 g/mol. The van der Waals surface area contributed by atoms with Crippen LogP contribution in [0.3, 0.4) is 0 Å². The zero-order chi connectivity index (χ0) is 10.6. The average molecular weight is 194 g/mol. The van der Waals surface area contributed by atoms with Crippen LogP contribution in [0.1, 0.15) is 27.6 Å². The van der Waals surface area contributed by atoms with Gasteiger partial charge in [0.2, 0.25) is 0 Å². The van der Waals surface area contributed by atoms with Crippen LogP contribution in [-0.2, 0) is 0 Å². The number of hydrogen-bond acceptors (Lipinski definition) is 3. The van der Waals surface area contributed by atoms with Crippen molar-refractivity contribution >= 4 is 11.9 Å². The Labute approximate surface area is 80.8 Å². The lowest BCUT2D eigenvalue weighted by atomic mass is 10.1. The van der Waals surface area contributed by atoms with Crippen LogP contribution in [0, 0.1) is 0 Å². The van der Waals surface area contributed by atoms with Crippen molar-refractivity contribution in [3.63, 3.8) is 0 Å². The van der Waals surface area contributed by atoms with E-state index in [2.05, 4.69) is 10.3 Å². The van der Waals surface area contributed by atoms with E-state index < -0.39 is 11.9 Å². The van der Waals surface area contributed by atoms with Crippen LogP contribution < -0.4 is 5.32 Å². The number of amides is 1. The van der Waals surface area contributed by atoms with Crippen molar-refractivity contribution in [2.24, 2.45) is 0 Å². The topological polar surface area (TPSA) is 79.3 Å². The first-order valence-electron chi connectivity index (χ1n) is 4.12. The molecule has 2 N–H and O–H groups in total. The SMILES string of the molecule is CCNC(=O)c1cnccc1C(=O)O. The largest absolute Gasteiger partial charge is 0.478 e. The van der Waals surface area contributed by atoms with Crippen molar-refractivity contribution in [3.8, 4) is 0 Å². The molecule has 0 spiro atoms. The zero-order valence-corrected chi connectivity index (χ0v) is 7.65. The maximum absolute atomic E-state index is 11.4. The van der Waals surface area contributed by atoms with Gasteiger partial charge in [-0.05, 0) is 13.0 Å². The van der Waals surface area contributed by atoms with Crippen molar-refractivity contribution in [2.75, 3.05) is 6.54 Å². The van der Waals surface area contributed by atoms with E-state index in [0.29, 0.717) is 6.54 Å². The number of nitrogens with one attached hydrogen (secondary N) is 1. The molecule has 0 saturated carbocycles. The number of rotatable bonds is 3. The van der Waals surface area contributed by atoms with E-state index in [9.17, 15) is 9.59 Å². The zero-order valence-electron chi connectivity index (χ0n) is 7.65. The number of carboxylic acid groups (broad SMARTS) is 1. The molecule has 1 rings (SSSR count). The van der Waals surface area contributed by atoms with E-state index >= 15 is 0 Å². The summed E-state index contributed by atoms with van der Waals surface area (Å²) in [5, 5.41) is 11.3. The molecule has 1 aromatic rings. The summed E-state index contributed by atoms with van der Waals surface area (Å²) in [5.74, 6) is -1.55.